The lowest BCUT2D eigenvalue weighted by Gasteiger charge is -2.15. The van der Waals surface area contributed by atoms with Gasteiger partial charge in [-0.15, -0.1) is 0 Å². The third-order valence-electron chi connectivity index (χ3n) is 2.79. The molecule has 0 aromatic carbocycles. The Hall–Kier alpha value is -1.10. The predicted octanol–water partition coefficient (Wildman–Crippen LogP) is 0.979. The van der Waals surface area contributed by atoms with E-state index in [1.165, 1.54) is 0 Å². The highest BCUT2D eigenvalue weighted by Gasteiger charge is 2.28. The van der Waals surface area contributed by atoms with Crippen molar-refractivity contribution in [2.75, 3.05) is 13.2 Å². The topological polar surface area (TPSA) is 83.8 Å². The molecule has 2 atom stereocenters. The van der Waals surface area contributed by atoms with E-state index in [4.69, 9.17) is 14.9 Å². The lowest BCUT2D eigenvalue weighted by molar-refractivity contribution is -0.138. The number of hydrogen-bond donors (Lipinski definition) is 2. The lowest BCUT2D eigenvalue weighted by atomic mass is 9.88. The lowest BCUT2D eigenvalue weighted by Crippen LogP contribution is -2.15. The van der Waals surface area contributed by atoms with E-state index in [2.05, 4.69) is 0 Å². The quantitative estimate of drug-likeness (QED) is 0.691. The van der Waals surface area contributed by atoms with Crippen LogP contribution < -0.4 is 0 Å². The molecule has 2 unspecified atom stereocenters. The van der Waals surface area contributed by atoms with E-state index in [1.54, 1.807) is 0 Å². The monoisotopic (exact) mass is 216 g/mol. The number of carboxylic acids is 2. The van der Waals surface area contributed by atoms with Crippen molar-refractivity contribution in [1.29, 1.82) is 0 Å². The second-order valence-corrected chi connectivity index (χ2v) is 3.92. The molecule has 1 aliphatic heterocycles. The molecule has 1 saturated heterocycles. The number of aliphatic carboxylic acids is 2. The van der Waals surface area contributed by atoms with E-state index in [0.717, 1.165) is 0 Å². The van der Waals surface area contributed by atoms with Crippen LogP contribution in [0.4, 0.5) is 0 Å². The Kier molecular flexibility index (Phi) is 4.55. The molecule has 0 spiro atoms. The fraction of sp³-hybridized carbons (Fsp3) is 0.800. The van der Waals surface area contributed by atoms with Gasteiger partial charge in [0.2, 0.25) is 0 Å². The first kappa shape index (κ1) is 12.0. The molecule has 15 heavy (non-hydrogen) atoms. The molecule has 1 fully saturated rings. The summed E-state index contributed by atoms with van der Waals surface area (Å²) in [4.78, 5) is 20.8. The van der Waals surface area contributed by atoms with Crippen molar-refractivity contribution < 1.29 is 24.5 Å². The normalized spacial score (nSPS) is 25.3. The average Bonchev–Trinajstić information content (AvgIpc) is 2.58. The second-order valence-electron chi connectivity index (χ2n) is 3.92. The van der Waals surface area contributed by atoms with Gasteiger partial charge in [0.05, 0.1) is 0 Å². The summed E-state index contributed by atoms with van der Waals surface area (Å²) in [5.74, 6) is -1.20. The van der Waals surface area contributed by atoms with Gasteiger partial charge < -0.3 is 14.9 Å². The van der Waals surface area contributed by atoms with Crippen molar-refractivity contribution in [1.82, 2.24) is 0 Å². The summed E-state index contributed by atoms with van der Waals surface area (Å²) >= 11 is 0. The Morgan fingerprint density at radius 2 is 1.40 bits per heavy atom. The van der Waals surface area contributed by atoms with Crippen LogP contribution in [0.15, 0.2) is 0 Å². The zero-order valence-electron chi connectivity index (χ0n) is 8.52. The number of ether oxygens (including phenoxy) is 1. The number of hydrogen-bond acceptors (Lipinski definition) is 3. The molecule has 0 aromatic heterocycles. The molecular weight excluding hydrogens is 200 g/mol. The number of carboxylic acid groups (broad SMARTS) is 2. The van der Waals surface area contributed by atoms with Gasteiger partial charge in [-0.3, -0.25) is 9.59 Å². The van der Waals surface area contributed by atoms with E-state index in [1.807, 2.05) is 0 Å². The summed E-state index contributed by atoms with van der Waals surface area (Å²) in [5.41, 5.74) is 0. The van der Waals surface area contributed by atoms with Crippen LogP contribution in [0.3, 0.4) is 0 Å². The van der Waals surface area contributed by atoms with Crippen molar-refractivity contribution >= 4 is 11.9 Å². The SMILES string of the molecule is O=C(O)CCC1COCC1CCC(=O)O. The van der Waals surface area contributed by atoms with Crippen LogP contribution in [0.2, 0.25) is 0 Å². The van der Waals surface area contributed by atoms with Crippen LogP contribution in [-0.4, -0.2) is 35.4 Å². The molecule has 2 N–H and O–H groups in total. The minimum Gasteiger partial charge on any atom is -0.481 e. The highest BCUT2D eigenvalue weighted by Crippen LogP contribution is 2.28. The highest BCUT2D eigenvalue weighted by molar-refractivity contribution is 5.67. The van der Waals surface area contributed by atoms with Crippen molar-refractivity contribution in [2.24, 2.45) is 11.8 Å². The summed E-state index contributed by atoms with van der Waals surface area (Å²) in [5, 5.41) is 17.1. The van der Waals surface area contributed by atoms with Crippen molar-refractivity contribution in [3.63, 3.8) is 0 Å². The summed E-state index contributed by atoms with van der Waals surface area (Å²) in [6.45, 7) is 1.13. The fourth-order valence-electron chi connectivity index (χ4n) is 1.90. The van der Waals surface area contributed by atoms with Gasteiger partial charge >= 0.3 is 11.9 Å². The van der Waals surface area contributed by atoms with Gasteiger partial charge in [-0.05, 0) is 24.7 Å². The molecule has 1 rings (SSSR count). The van der Waals surface area contributed by atoms with Gasteiger partial charge in [-0.1, -0.05) is 0 Å². The molecule has 1 aliphatic rings. The highest BCUT2D eigenvalue weighted by atomic mass is 16.5. The van der Waals surface area contributed by atoms with Gasteiger partial charge in [0, 0.05) is 26.1 Å². The van der Waals surface area contributed by atoms with Crippen LogP contribution in [0, 0.1) is 11.8 Å². The Labute approximate surface area is 88.0 Å². The molecule has 0 aliphatic carbocycles. The van der Waals surface area contributed by atoms with E-state index in [-0.39, 0.29) is 24.7 Å². The standard InChI is InChI=1S/C10H16O5/c11-9(12)3-1-7-5-15-6-8(7)2-4-10(13)14/h7-8H,1-6H2,(H,11,12)(H,13,14). The van der Waals surface area contributed by atoms with Gasteiger partial charge in [-0.25, -0.2) is 0 Å². The van der Waals surface area contributed by atoms with Gasteiger partial charge in [0.15, 0.2) is 0 Å². The van der Waals surface area contributed by atoms with E-state index in [0.29, 0.717) is 26.1 Å². The third kappa shape index (κ3) is 4.29. The fourth-order valence-corrected chi connectivity index (χ4v) is 1.90. The van der Waals surface area contributed by atoms with Gasteiger partial charge in [0.1, 0.15) is 0 Å². The molecule has 86 valence electrons. The van der Waals surface area contributed by atoms with Crippen molar-refractivity contribution in [3.8, 4) is 0 Å². The van der Waals surface area contributed by atoms with E-state index in [9.17, 15) is 9.59 Å². The van der Waals surface area contributed by atoms with Gasteiger partial charge in [-0.2, -0.15) is 0 Å². The number of rotatable bonds is 6. The summed E-state index contributed by atoms with van der Waals surface area (Å²) in [6, 6.07) is 0. The maximum atomic E-state index is 10.4. The summed E-state index contributed by atoms with van der Waals surface area (Å²) in [7, 11) is 0. The first-order chi connectivity index (χ1) is 7.09. The van der Waals surface area contributed by atoms with Crippen LogP contribution in [0.25, 0.3) is 0 Å². The van der Waals surface area contributed by atoms with Crippen molar-refractivity contribution in [3.05, 3.63) is 0 Å². The molecule has 5 heteroatoms. The molecule has 5 nitrogen and oxygen atoms in total. The zero-order chi connectivity index (χ0) is 11.3. The Morgan fingerprint density at radius 3 is 1.73 bits per heavy atom. The van der Waals surface area contributed by atoms with E-state index < -0.39 is 11.9 Å². The first-order valence-electron chi connectivity index (χ1n) is 5.11. The number of carbonyl (C=O) groups is 2. The molecular formula is C10H16O5. The molecule has 0 bridgehead atoms. The van der Waals surface area contributed by atoms with Crippen molar-refractivity contribution in [2.45, 2.75) is 25.7 Å². The average molecular weight is 216 g/mol. The minimum atomic E-state index is -0.807. The Bertz CT molecular complexity index is 214. The first-order valence-corrected chi connectivity index (χ1v) is 5.11. The summed E-state index contributed by atoms with van der Waals surface area (Å²) in [6.07, 6.45) is 1.44. The van der Waals surface area contributed by atoms with Crippen LogP contribution in [0.1, 0.15) is 25.7 Å². The zero-order valence-corrected chi connectivity index (χ0v) is 8.52. The minimum absolute atomic E-state index is 0.137. The Balaban J connectivity index is 2.29. The molecule has 0 radical (unpaired) electrons. The molecule has 1 heterocycles. The molecule has 0 aromatic rings. The van der Waals surface area contributed by atoms with Crippen LogP contribution in [-0.2, 0) is 14.3 Å². The molecule has 0 saturated carbocycles. The van der Waals surface area contributed by atoms with E-state index >= 15 is 0 Å². The van der Waals surface area contributed by atoms with Crippen LogP contribution >= 0.6 is 0 Å². The predicted molar refractivity (Wildman–Crippen MR) is 51.5 cm³/mol. The maximum Gasteiger partial charge on any atom is 0.303 e. The maximum absolute atomic E-state index is 10.4. The third-order valence-corrected chi connectivity index (χ3v) is 2.79. The second kappa shape index (κ2) is 5.70. The summed E-state index contributed by atoms with van der Waals surface area (Å²) < 4.78 is 5.25. The van der Waals surface area contributed by atoms with Gasteiger partial charge in [0.25, 0.3) is 0 Å². The van der Waals surface area contributed by atoms with Crippen LogP contribution in [0.5, 0.6) is 0 Å². The largest absolute Gasteiger partial charge is 0.481 e. The molecule has 0 amide bonds. The Morgan fingerprint density at radius 1 is 1.00 bits per heavy atom. The smallest absolute Gasteiger partial charge is 0.303 e.